The molecule has 4 heteroatoms. The Hall–Kier alpha value is -0.878. The Labute approximate surface area is 138 Å². The van der Waals surface area contributed by atoms with Gasteiger partial charge in [-0.15, -0.1) is 0 Å². The molecule has 0 saturated heterocycles. The third-order valence-corrected chi connectivity index (χ3v) is 6.27. The van der Waals surface area contributed by atoms with Crippen LogP contribution in [0.25, 0.3) is 0 Å². The van der Waals surface area contributed by atoms with Gasteiger partial charge in [-0.2, -0.15) is 0 Å². The van der Waals surface area contributed by atoms with E-state index in [0.29, 0.717) is 42.1 Å². The van der Waals surface area contributed by atoms with E-state index in [-0.39, 0.29) is 15.4 Å². The van der Waals surface area contributed by atoms with Crippen molar-refractivity contribution < 1.29 is 9.53 Å². The number of aryl methyl sites for hydroxylation is 1. The second-order valence-electron chi connectivity index (χ2n) is 4.98. The number of halogens is 1. The summed E-state index contributed by atoms with van der Waals surface area (Å²) >= 11 is 6.49. The van der Waals surface area contributed by atoms with Crippen LogP contribution in [0.4, 0.5) is 0 Å². The number of Topliss-reactive ketones (excluding diaryl/α,β-unsaturated/α-hetero) is 1. The van der Waals surface area contributed by atoms with Gasteiger partial charge in [0, 0.05) is 0 Å². The molecule has 98 valence electrons. The van der Waals surface area contributed by atoms with Crippen molar-refractivity contribution >= 4 is 43.2 Å². The summed E-state index contributed by atoms with van der Waals surface area (Å²) in [6.07, 6.45) is -0.165. The van der Waals surface area contributed by atoms with Crippen LogP contribution in [0.5, 0.6) is 5.75 Å². The van der Waals surface area contributed by atoms with Crippen molar-refractivity contribution in [2.24, 2.45) is 0 Å². The number of carbonyl (C=O) groups excluding carboxylic acids is 1. The summed E-state index contributed by atoms with van der Waals surface area (Å²) in [5.74, 6) is 0.797. The van der Waals surface area contributed by atoms with Gasteiger partial charge in [-0.25, -0.2) is 0 Å². The van der Waals surface area contributed by atoms with E-state index in [1.807, 2.05) is 19.1 Å². The van der Waals surface area contributed by atoms with Crippen LogP contribution in [0, 0.1) is 6.92 Å². The van der Waals surface area contributed by atoms with Gasteiger partial charge in [0.15, 0.2) is 0 Å². The third kappa shape index (κ3) is 2.51. The van der Waals surface area contributed by atoms with Gasteiger partial charge in [0.2, 0.25) is 0 Å². The fraction of sp³-hybridized carbons (Fsp3) is 0.188. The normalized spacial score (nSPS) is 21.1. The molecule has 2 nitrogen and oxygen atoms in total. The first-order valence-electron chi connectivity index (χ1n) is 6.39. The van der Waals surface area contributed by atoms with Gasteiger partial charge in [-0.1, -0.05) is 0 Å². The molecular formula is C16H12ClO2Tl. The summed E-state index contributed by atoms with van der Waals surface area (Å²) in [5.41, 5.74) is 2.89. The molecular weight excluding hydrogens is 464 g/mol. The number of benzene rings is 2. The number of ketones is 1. The minimum absolute atomic E-state index is 0.0522. The molecule has 0 radical (unpaired) electrons. The zero-order chi connectivity index (χ0) is 14.3. The molecule has 2 atom stereocenters. The van der Waals surface area contributed by atoms with Gasteiger partial charge < -0.3 is 0 Å². The second-order valence-corrected chi connectivity index (χ2v) is 8.21. The summed E-state index contributed by atoms with van der Waals surface area (Å²) in [7, 11) is 0. The minimum atomic E-state index is -0.165. The maximum atomic E-state index is 12.5. The SMILES string of the molecule is Cc1ccc([C@@H]2Oc3ccc(Cl)cc3C(=O)[C@@H]2[Tl])cc1. The standard InChI is InChI=1S/C16H12ClO2.Tl/c1-10-2-4-11(5-3-10)16-9-14(18)13-8-12(17)6-7-15(13)19-16;/h2-9,16H,1H3;/t16-;/m1./s1. The summed E-state index contributed by atoms with van der Waals surface area (Å²) < 4.78 is 6.01. The zero-order valence-corrected chi connectivity index (χ0v) is 16.2. The van der Waals surface area contributed by atoms with Crippen LogP contribution in [-0.4, -0.2) is 31.6 Å². The fourth-order valence-electron chi connectivity index (χ4n) is 2.36. The molecule has 0 aromatic heterocycles. The van der Waals surface area contributed by atoms with E-state index in [2.05, 4.69) is 12.1 Å². The molecule has 0 saturated carbocycles. The van der Waals surface area contributed by atoms with Crippen LogP contribution in [-0.2, 0) is 0 Å². The number of ether oxygens (including phenoxy) is 1. The van der Waals surface area contributed by atoms with Gasteiger partial charge in [0.25, 0.3) is 0 Å². The van der Waals surface area contributed by atoms with Gasteiger partial charge >= 0.3 is 139 Å². The van der Waals surface area contributed by atoms with Crippen LogP contribution in [0.1, 0.15) is 27.6 Å². The quantitative estimate of drug-likeness (QED) is 0.584. The van der Waals surface area contributed by atoms with Crippen molar-refractivity contribution in [3.05, 3.63) is 64.2 Å². The predicted octanol–water partition coefficient (Wildman–Crippen LogP) is 3.92. The van der Waals surface area contributed by atoms with Crippen molar-refractivity contribution in [1.29, 1.82) is 0 Å². The van der Waals surface area contributed by atoms with E-state index >= 15 is 0 Å². The van der Waals surface area contributed by atoms with Gasteiger partial charge in [-0.05, 0) is 0 Å². The molecule has 20 heavy (non-hydrogen) atoms. The Morgan fingerprint density at radius 3 is 2.55 bits per heavy atom. The monoisotopic (exact) mass is 476 g/mol. The topological polar surface area (TPSA) is 26.3 Å². The molecule has 0 bridgehead atoms. The molecule has 0 spiro atoms. The molecule has 0 aliphatic carbocycles. The van der Waals surface area contributed by atoms with Crippen LogP contribution < -0.4 is 4.74 Å². The van der Waals surface area contributed by atoms with Crippen LogP contribution in [0.15, 0.2) is 42.5 Å². The van der Waals surface area contributed by atoms with Crippen molar-refractivity contribution in [3.63, 3.8) is 0 Å². The fourth-order valence-corrected chi connectivity index (χ4v) is 4.40. The zero-order valence-electron chi connectivity index (χ0n) is 11.0. The van der Waals surface area contributed by atoms with E-state index in [0.717, 1.165) is 5.56 Å². The van der Waals surface area contributed by atoms with E-state index in [1.54, 1.807) is 18.2 Å². The van der Waals surface area contributed by atoms with Gasteiger partial charge in [0.1, 0.15) is 0 Å². The van der Waals surface area contributed by atoms with Crippen molar-refractivity contribution in [2.75, 3.05) is 0 Å². The Morgan fingerprint density at radius 1 is 1.15 bits per heavy atom. The maximum absolute atomic E-state index is 12.5. The van der Waals surface area contributed by atoms with Crippen LogP contribution in [0.2, 0.25) is 8.50 Å². The number of hydrogen-bond acceptors (Lipinski definition) is 2. The Bertz CT molecular complexity index is 667. The molecule has 1 aliphatic heterocycles. The van der Waals surface area contributed by atoms with E-state index in [4.69, 9.17) is 16.3 Å². The third-order valence-electron chi connectivity index (χ3n) is 3.50. The molecule has 0 N–H and O–H groups in total. The van der Waals surface area contributed by atoms with E-state index in [9.17, 15) is 4.79 Å². The first kappa shape index (κ1) is 14.1. The first-order valence-corrected chi connectivity index (χ1v) is 9.36. The Morgan fingerprint density at radius 2 is 1.85 bits per heavy atom. The summed E-state index contributed by atoms with van der Waals surface area (Å²) in [4.78, 5) is 12.5. The van der Waals surface area contributed by atoms with Gasteiger partial charge in [-0.3, -0.25) is 0 Å². The summed E-state index contributed by atoms with van der Waals surface area (Å²) in [6, 6.07) is 13.5. The number of carbonyl (C=O) groups is 1. The average molecular weight is 476 g/mol. The summed E-state index contributed by atoms with van der Waals surface area (Å²) in [6.45, 7) is 2.05. The first-order chi connectivity index (χ1) is 9.56. The predicted molar refractivity (Wildman–Crippen MR) is 79.8 cm³/mol. The Kier molecular flexibility index (Phi) is 3.86. The number of hydrogen-bond donors (Lipinski definition) is 0. The van der Waals surface area contributed by atoms with E-state index < -0.39 is 0 Å². The molecule has 1 heterocycles. The summed E-state index contributed by atoms with van der Waals surface area (Å²) in [5, 5.41) is 0.576. The molecule has 2 aromatic carbocycles. The van der Waals surface area contributed by atoms with Crippen LogP contribution in [0.3, 0.4) is 0 Å². The molecule has 0 fully saturated rings. The number of fused-ring (bicyclic) bond motifs is 1. The van der Waals surface area contributed by atoms with E-state index in [1.165, 1.54) is 5.56 Å². The molecule has 0 unspecified atom stereocenters. The number of rotatable bonds is 1. The average Bonchev–Trinajstić information content (AvgIpc) is 2.44. The molecule has 3 rings (SSSR count). The van der Waals surface area contributed by atoms with Crippen molar-refractivity contribution in [1.82, 2.24) is 0 Å². The van der Waals surface area contributed by atoms with Crippen molar-refractivity contribution in [3.8, 4) is 5.75 Å². The Balaban J connectivity index is 2.02. The van der Waals surface area contributed by atoms with Crippen molar-refractivity contribution in [2.45, 2.75) is 16.5 Å². The second kappa shape index (κ2) is 5.49. The van der Waals surface area contributed by atoms with Gasteiger partial charge in [0.05, 0.1) is 0 Å². The van der Waals surface area contributed by atoms with Crippen LogP contribution >= 0.6 is 11.6 Å². The molecule has 1 aliphatic rings. The molecule has 2 aromatic rings. The molecule has 0 amide bonds.